The molecule has 0 unspecified atom stereocenters. The van der Waals surface area contributed by atoms with E-state index in [9.17, 15) is 14.4 Å². The van der Waals surface area contributed by atoms with Gasteiger partial charge in [-0.3, -0.25) is 9.59 Å². The van der Waals surface area contributed by atoms with Crippen molar-refractivity contribution in [3.63, 3.8) is 0 Å². The molecule has 0 aliphatic heterocycles. The highest BCUT2D eigenvalue weighted by Gasteiger charge is 2.28. The number of methoxy groups -OCH3 is 1. The molecule has 0 bridgehead atoms. The Morgan fingerprint density at radius 3 is 2.14 bits per heavy atom. The van der Waals surface area contributed by atoms with E-state index >= 15 is 0 Å². The average molecular weight is 392 g/mol. The number of rotatable bonds is 8. The number of hydrogen-bond acceptors (Lipinski definition) is 5. The fourth-order valence-electron chi connectivity index (χ4n) is 2.51. The Morgan fingerprint density at radius 2 is 1.64 bits per heavy atom. The topological polar surface area (TPSA) is 93.7 Å². The Hall–Kier alpha value is -2.57. The van der Waals surface area contributed by atoms with Gasteiger partial charge in [0, 0.05) is 12.5 Å². The summed E-state index contributed by atoms with van der Waals surface area (Å²) in [4.78, 5) is 36.8. The van der Waals surface area contributed by atoms with Gasteiger partial charge in [0.2, 0.25) is 5.91 Å². The van der Waals surface area contributed by atoms with Crippen molar-refractivity contribution < 1.29 is 23.9 Å². The molecule has 1 rings (SSSR count). The molecule has 0 fully saturated rings. The van der Waals surface area contributed by atoms with Crippen LogP contribution in [0.25, 0.3) is 0 Å². The van der Waals surface area contributed by atoms with E-state index in [0.717, 1.165) is 5.56 Å². The van der Waals surface area contributed by atoms with Crippen molar-refractivity contribution in [1.82, 2.24) is 10.6 Å². The average Bonchev–Trinajstić information content (AvgIpc) is 2.59. The van der Waals surface area contributed by atoms with Crippen LogP contribution in [0.5, 0.6) is 0 Å². The van der Waals surface area contributed by atoms with E-state index in [1.807, 2.05) is 44.2 Å². The third-order valence-electron chi connectivity index (χ3n) is 4.04. The summed E-state index contributed by atoms with van der Waals surface area (Å²) in [6.45, 7) is 9.07. The molecule has 2 amide bonds. The molecule has 1 aromatic rings. The molecular formula is C21H32N2O5. The first-order chi connectivity index (χ1) is 13.0. The minimum absolute atomic E-state index is 0.0157. The zero-order valence-corrected chi connectivity index (χ0v) is 17.6. The molecule has 0 aromatic heterocycles. The Morgan fingerprint density at radius 1 is 1.04 bits per heavy atom. The zero-order chi connectivity index (χ0) is 21.3. The van der Waals surface area contributed by atoms with Gasteiger partial charge in [0.05, 0.1) is 13.5 Å². The number of amides is 2. The molecule has 2 atom stereocenters. The van der Waals surface area contributed by atoms with Crippen LogP contribution in [0.2, 0.25) is 0 Å². The highest BCUT2D eigenvalue weighted by atomic mass is 16.6. The quantitative estimate of drug-likeness (QED) is 0.664. The second kappa shape index (κ2) is 10.7. The van der Waals surface area contributed by atoms with Crippen LogP contribution in [0.4, 0.5) is 4.79 Å². The highest BCUT2D eigenvalue weighted by Crippen LogP contribution is 2.11. The Labute approximate surface area is 167 Å². The fourth-order valence-corrected chi connectivity index (χ4v) is 2.51. The molecule has 0 spiro atoms. The third-order valence-corrected chi connectivity index (χ3v) is 4.04. The summed E-state index contributed by atoms with van der Waals surface area (Å²) >= 11 is 0. The van der Waals surface area contributed by atoms with Crippen LogP contribution in [0, 0.1) is 5.92 Å². The summed E-state index contributed by atoms with van der Waals surface area (Å²) in [5, 5.41) is 5.50. The molecular weight excluding hydrogens is 360 g/mol. The predicted octanol–water partition coefficient (Wildman–Crippen LogP) is 2.83. The molecule has 28 heavy (non-hydrogen) atoms. The summed E-state index contributed by atoms with van der Waals surface area (Å²) in [7, 11) is 1.31. The van der Waals surface area contributed by atoms with Crippen LogP contribution in [0.3, 0.4) is 0 Å². The van der Waals surface area contributed by atoms with Crippen molar-refractivity contribution in [2.75, 3.05) is 7.11 Å². The van der Waals surface area contributed by atoms with Crippen molar-refractivity contribution in [1.29, 1.82) is 0 Å². The number of carbonyl (C=O) groups is 3. The molecule has 0 saturated carbocycles. The standard InChI is InChI=1S/C21H32N2O5/c1-14(2)16(13-18(24)27-6)22-19(25)17(12-15-10-8-7-9-11-15)23-20(26)28-21(3,4)5/h7-11,14,16-17H,12-13H2,1-6H3,(H,22,25)(H,23,26)/t16-,17-/m1/s1. The maximum Gasteiger partial charge on any atom is 0.408 e. The number of nitrogens with one attached hydrogen (secondary N) is 2. The number of carbonyl (C=O) groups excluding carboxylic acids is 3. The summed E-state index contributed by atoms with van der Waals surface area (Å²) < 4.78 is 9.99. The molecule has 0 aliphatic rings. The molecule has 1 aromatic carbocycles. The van der Waals surface area contributed by atoms with Gasteiger partial charge >= 0.3 is 12.1 Å². The van der Waals surface area contributed by atoms with Crippen molar-refractivity contribution in [2.45, 2.75) is 65.1 Å². The van der Waals surface area contributed by atoms with E-state index in [-0.39, 0.29) is 18.2 Å². The molecule has 0 radical (unpaired) electrons. The van der Waals surface area contributed by atoms with E-state index in [0.29, 0.717) is 6.42 Å². The number of benzene rings is 1. The van der Waals surface area contributed by atoms with Gasteiger partial charge in [-0.25, -0.2) is 4.79 Å². The Balaban J connectivity index is 2.93. The molecule has 0 heterocycles. The van der Waals surface area contributed by atoms with Crippen LogP contribution in [0.1, 0.15) is 46.6 Å². The van der Waals surface area contributed by atoms with Gasteiger partial charge in [0.1, 0.15) is 11.6 Å². The second-order valence-corrected chi connectivity index (χ2v) is 8.03. The van der Waals surface area contributed by atoms with Gasteiger partial charge in [0.25, 0.3) is 0 Å². The molecule has 0 aliphatic carbocycles. The van der Waals surface area contributed by atoms with E-state index < -0.39 is 29.7 Å². The van der Waals surface area contributed by atoms with Crippen molar-refractivity contribution in [3.8, 4) is 0 Å². The monoisotopic (exact) mass is 392 g/mol. The zero-order valence-electron chi connectivity index (χ0n) is 17.6. The van der Waals surface area contributed by atoms with Crippen molar-refractivity contribution in [3.05, 3.63) is 35.9 Å². The summed E-state index contributed by atoms with van der Waals surface area (Å²) in [5.74, 6) is -0.766. The lowest BCUT2D eigenvalue weighted by atomic mass is 9.99. The van der Waals surface area contributed by atoms with E-state index in [4.69, 9.17) is 9.47 Å². The van der Waals surface area contributed by atoms with Crippen molar-refractivity contribution in [2.24, 2.45) is 5.92 Å². The first kappa shape index (κ1) is 23.5. The van der Waals surface area contributed by atoms with Crippen LogP contribution in [-0.2, 0) is 25.5 Å². The first-order valence-corrected chi connectivity index (χ1v) is 9.42. The van der Waals surface area contributed by atoms with Gasteiger partial charge < -0.3 is 20.1 Å². The Bertz CT molecular complexity index is 653. The van der Waals surface area contributed by atoms with Gasteiger partial charge in [-0.05, 0) is 32.3 Å². The van der Waals surface area contributed by atoms with Gasteiger partial charge in [-0.1, -0.05) is 44.2 Å². The predicted molar refractivity (Wildman–Crippen MR) is 107 cm³/mol. The lowest BCUT2D eigenvalue weighted by Gasteiger charge is -2.26. The number of ether oxygens (including phenoxy) is 2. The van der Waals surface area contributed by atoms with E-state index in [2.05, 4.69) is 10.6 Å². The van der Waals surface area contributed by atoms with E-state index in [1.165, 1.54) is 7.11 Å². The number of alkyl carbamates (subject to hydrolysis) is 1. The van der Waals surface area contributed by atoms with Crippen LogP contribution in [-0.4, -0.2) is 42.8 Å². The largest absolute Gasteiger partial charge is 0.469 e. The van der Waals surface area contributed by atoms with Gasteiger partial charge in [0.15, 0.2) is 0 Å². The van der Waals surface area contributed by atoms with Gasteiger partial charge in [-0.2, -0.15) is 0 Å². The lowest BCUT2D eigenvalue weighted by molar-refractivity contribution is -0.141. The summed E-state index contributed by atoms with van der Waals surface area (Å²) in [6.07, 6.45) is -0.308. The minimum Gasteiger partial charge on any atom is -0.469 e. The maximum absolute atomic E-state index is 12.9. The Kier molecular flexibility index (Phi) is 8.96. The smallest absolute Gasteiger partial charge is 0.408 e. The van der Waals surface area contributed by atoms with Crippen LogP contribution in [0.15, 0.2) is 30.3 Å². The van der Waals surface area contributed by atoms with E-state index in [1.54, 1.807) is 20.8 Å². The minimum atomic E-state index is -0.837. The van der Waals surface area contributed by atoms with Crippen molar-refractivity contribution >= 4 is 18.0 Å². The summed E-state index contributed by atoms with van der Waals surface area (Å²) in [6, 6.07) is 8.13. The molecule has 2 N–H and O–H groups in total. The molecule has 7 heteroatoms. The normalized spacial score (nSPS) is 13.4. The molecule has 0 saturated heterocycles. The second-order valence-electron chi connectivity index (χ2n) is 8.03. The maximum atomic E-state index is 12.9. The third kappa shape index (κ3) is 8.88. The highest BCUT2D eigenvalue weighted by molar-refractivity contribution is 5.86. The SMILES string of the molecule is COC(=O)C[C@@H](NC(=O)[C@@H](Cc1ccccc1)NC(=O)OC(C)(C)C)C(C)C. The lowest BCUT2D eigenvalue weighted by Crippen LogP contribution is -2.53. The number of esters is 1. The first-order valence-electron chi connectivity index (χ1n) is 9.42. The fraction of sp³-hybridized carbons (Fsp3) is 0.571. The van der Waals surface area contributed by atoms with Gasteiger partial charge in [-0.15, -0.1) is 0 Å². The molecule has 7 nitrogen and oxygen atoms in total. The number of hydrogen-bond donors (Lipinski definition) is 2. The van der Waals surface area contributed by atoms with Crippen LogP contribution < -0.4 is 10.6 Å². The molecule has 156 valence electrons. The van der Waals surface area contributed by atoms with Crippen LogP contribution >= 0.6 is 0 Å². The summed E-state index contributed by atoms with van der Waals surface area (Å²) in [5.41, 5.74) is 0.219.